The smallest absolute Gasteiger partial charge is 0.111 e. The van der Waals surface area contributed by atoms with Gasteiger partial charge in [-0.25, -0.2) is 4.98 Å². The van der Waals surface area contributed by atoms with Crippen molar-refractivity contribution >= 4 is 0 Å². The van der Waals surface area contributed by atoms with Gasteiger partial charge in [0.05, 0.1) is 0 Å². The summed E-state index contributed by atoms with van der Waals surface area (Å²) >= 11 is 0. The van der Waals surface area contributed by atoms with Crippen LogP contribution in [0, 0.1) is 0 Å². The Morgan fingerprint density at radius 1 is 1.47 bits per heavy atom. The minimum Gasteiger partial charge on any atom is -0.381 e. The molecule has 0 bridgehead atoms. The molecule has 1 aromatic heterocycles. The first-order valence-corrected chi connectivity index (χ1v) is 6.59. The Morgan fingerprint density at radius 2 is 2.24 bits per heavy atom. The van der Waals surface area contributed by atoms with Crippen LogP contribution in [0.25, 0.3) is 0 Å². The first kappa shape index (κ1) is 12.6. The fourth-order valence-electron chi connectivity index (χ4n) is 2.30. The lowest BCUT2D eigenvalue weighted by Crippen LogP contribution is -2.36. The van der Waals surface area contributed by atoms with E-state index in [-0.39, 0.29) is 0 Å². The van der Waals surface area contributed by atoms with E-state index in [0.29, 0.717) is 12.0 Å². The van der Waals surface area contributed by atoms with E-state index in [9.17, 15) is 0 Å². The highest BCUT2D eigenvalue weighted by molar-refractivity contribution is 4.97. The molecule has 4 nitrogen and oxygen atoms in total. The molecule has 0 amide bonds. The predicted octanol–water partition coefficient (Wildman–Crippen LogP) is 1.78. The van der Waals surface area contributed by atoms with E-state index in [1.807, 2.05) is 6.20 Å². The van der Waals surface area contributed by atoms with Gasteiger partial charge in [-0.05, 0) is 12.8 Å². The lowest BCUT2D eigenvalue weighted by atomic mass is 10.1. The Morgan fingerprint density at radius 3 is 2.94 bits per heavy atom. The van der Waals surface area contributed by atoms with E-state index in [1.54, 1.807) is 0 Å². The Labute approximate surface area is 103 Å². The molecule has 1 aromatic rings. The Bertz CT molecular complexity index is 329. The van der Waals surface area contributed by atoms with Crippen LogP contribution in [0.3, 0.4) is 0 Å². The van der Waals surface area contributed by atoms with E-state index in [2.05, 4.69) is 34.9 Å². The zero-order valence-corrected chi connectivity index (χ0v) is 10.9. The average molecular weight is 237 g/mol. The molecule has 2 heterocycles. The van der Waals surface area contributed by atoms with Crippen LogP contribution in [0.5, 0.6) is 0 Å². The molecular weight excluding hydrogens is 214 g/mol. The highest BCUT2D eigenvalue weighted by Crippen LogP contribution is 2.11. The maximum atomic E-state index is 5.35. The molecule has 1 fully saturated rings. The van der Waals surface area contributed by atoms with Crippen LogP contribution in [0.4, 0.5) is 0 Å². The van der Waals surface area contributed by atoms with Gasteiger partial charge >= 0.3 is 0 Å². The predicted molar refractivity (Wildman–Crippen MR) is 68.2 cm³/mol. The van der Waals surface area contributed by atoms with Gasteiger partial charge in [-0.3, -0.25) is 0 Å². The Kier molecular flexibility index (Phi) is 4.57. The third-order valence-corrected chi connectivity index (χ3v) is 3.27. The molecule has 17 heavy (non-hydrogen) atoms. The van der Waals surface area contributed by atoms with Crippen molar-refractivity contribution < 1.29 is 4.74 Å². The number of nitrogens with one attached hydrogen (secondary N) is 1. The van der Waals surface area contributed by atoms with Crippen LogP contribution < -0.4 is 5.32 Å². The third kappa shape index (κ3) is 3.54. The topological polar surface area (TPSA) is 39.1 Å². The minimum absolute atomic E-state index is 0.494. The Hall–Kier alpha value is -0.870. The summed E-state index contributed by atoms with van der Waals surface area (Å²) in [5.74, 6) is 1.67. The zero-order valence-electron chi connectivity index (χ0n) is 10.9. The van der Waals surface area contributed by atoms with Crippen molar-refractivity contribution in [2.75, 3.05) is 19.8 Å². The normalized spacial score (nSPS) is 17.8. The van der Waals surface area contributed by atoms with Crippen molar-refractivity contribution in [3.8, 4) is 0 Å². The molecule has 0 aliphatic carbocycles. The highest BCUT2D eigenvalue weighted by Gasteiger charge is 2.13. The molecule has 96 valence electrons. The number of nitrogens with zero attached hydrogens (tertiary/aromatic N) is 2. The van der Waals surface area contributed by atoms with Gasteiger partial charge in [-0.2, -0.15) is 0 Å². The molecule has 0 atom stereocenters. The van der Waals surface area contributed by atoms with Crippen LogP contribution >= 0.6 is 0 Å². The number of hydrogen-bond acceptors (Lipinski definition) is 3. The van der Waals surface area contributed by atoms with Gasteiger partial charge in [-0.1, -0.05) is 13.8 Å². The van der Waals surface area contributed by atoms with Gasteiger partial charge < -0.3 is 14.6 Å². The van der Waals surface area contributed by atoms with Crippen molar-refractivity contribution in [1.29, 1.82) is 0 Å². The fourth-order valence-corrected chi connectivity index (χ4v) is 2.30. The van der Waals surface area contributed by atoms with E-state index >= 15 is 0 Å². The summed E-state index contributed by atoms with van der Waals surface area (Å²) in [6.07, 6.45) is 6.24. The van der Waals surface area contributed by atoms with Gasteiger partial charge in [0.25, 0.3) is 0 Å². The summed E-state index contributed by atoms with van der Waals surface area (Å²) in [6, 6.07) is 0.634. The van der Waals surface area contributed by atoms with Crippen molar-refractivity contribution in [3.63, 3.8) is 0 Å². The molecule has 0 unspecified atom stereocenters. The van der Waals surface area contributed by atoms with Crippen LogP contribution in [0.15, 0.2) is 12.4 Å². The number of imidazole rings is 1. The second-order valence-electron chi connectivity index (χ2n) is 4.97. The molecule has 0 spiro atoms. The quantitative estimate of drug-likeness (QED) is 0.848. The number of ether oxygens (including phenoxy) is 1. The zero-order chi connectivity index (χ0) is 12.1. The third-order valence-electron chi connectivity index (χ3n) is 3.27. The summed E-state index contributed by atoms with van der Waals surface area (Å²) in [5, 5.41) is 3.60. The molecule has 4 heteroatoms. The monoisotopic (exact) mass is 237 g/mol. The SMILES string of the molecule is CC(C)c1nccn1CCNC1CCOCC1. The van der Waals surface area contributed by atoms with Crippen LogP contribution in [0.1, 0.15) is 38.4 Å². The minimum atomic E-state index is 0.494. The summed E-state index contributed by atoms with van der Waals surface area (Å²) in [4.78, 5) is 4.40. The number of rotatable bonds is 5. The first-order valence-electron chi connectivity index (χ1n) is 6.59. The lowest BCUT2D eigenvalue weighted by Gasteiger charge is -2.23. The maximum Gasteiger partial charge on any atom is 0.111 e. The van der Waals surface area contributed by atoms with E-state index < -0.39 is 0 Å². The van der Waals surface area contributed by atoms with Crippen LogP contribution in [-0.2, 0) is 11.3 Å². The highest BCUT2D eigenvalue weighted by atomic mass is 16.5. The first-order chi connectivity index (χ1) is 8.27. The molecule has 2 rings (SSSR count). The standard InChI is InChI=1S/C13H23N3O/c1-11(2)13-15-6-8-16(13)7-5-14-12-3-9-17-10-4-12/h6,8,11-12,14H,3-5,7,9-10H2,1-2H3. The van der Waals surface area contributed by atoms with Gasteiger partial charge in [0.2, 0.25) is 0 Å². The van der Waals surface area contributed by atoms with Gasteiger partial charge in [-0.15, -0.1) is 0 Å². The summed E-state index contributed by atoms with van der Waals surface area (Å²) in [6.45, 7) is 8.20. The van der Waals surface area contributed by atoms with Crippen LogP contribution in [-0.4, -0.2) is 35.4 Å². The molecule has 1 aliphatic heterocycles. The Balaban J connectivity index is 1.75. The molecule has 0 radical (unpaired) electrons. The van der Waals surface area contributed by atoms with Gasteiger partial charge in [0, 0.05) is 50.7 Å². The summed E-state index contributed by atoms with van der Waals surface area (Å²) in [5.41, 5.74) is 0. The molecule has 1 N–H and O–H groups in total. The average Bonchev–Trinajstić information content (AvgIpc) is 2.79. The summed E-state index contributed by atoms with van der Waals surface area (Å²) in [7, 11) is 0. The number of hydrogen-bond donors (Lipinski definition) is 1. The molecule has 1 saturated heterocycles. The largest absolute Gasteiger partial charge is 0.381 e. The van der Waals surface area contributed by atoms with Crippen LogP contribution in [0.2, 0.25) is 0 Å². The van der Waals surface area contributed by atoms with Gasteiger partial charge in [0.1, 0.15) is 5.82 Å². The molecular formula is C13H23N3O. The second-order valence-corrected chi connectivity index (χ2v) is 4.97. The molecule has 0 saturated carbocycles. The maximum absolute atomic E-state index is 5.35. The summed E-state index contributed by atoms with van der Waals surface area (Å²) < 4.78 is 7.59. The van der Waals surface area contributed by atoms with Gasteiger partial charge in [0.15, 0.2) is 0 Å². The molecule has 0 aromatic carbocycles. The lowest BCUT2D eigenvalue weighted by molar-refractivity contribution is 0.0778. The van der Waals surface area contributed by atoms with E-state index in [1.165, 1.54) is 5.82 Å². The number of aromatic nitrogens is 2. The van der Waals surface area contributed by atoms with Crippen molar-refractivity contribution in [2.24, 2.45) is 0 Å². The van der Waals surface area contributed by atoms with E-state index in [0.717, 1.165) is 39.1 Å². The second kappa shape index (κ2) is 6.17. The molecule has 1 aliphatic rings. The van der Waals surface area contributed by atoms with Crippen molar-refractivity contribution in [1.82, 2.24) is 14.9 Å². The fraction of sp³-hybridized carbons (Fsp3) is 0.769. The van der Waals surface area contributed by atoms with Crippen molar-refractivity contribution in [2.45, 2.75) is 45.2 Å². The van der Waals surface area contributed by atoms with E-state index in [4.69, 9.17) is 4.74 Å². The van der Waals surface area contributed by atoms with Crippen molar-refractivity contribution in [3.05, 3.63) is 18.2 Å².